The number of nitrogens with one attached hydrogen (secondary N) is 1. The lowest BCUT2D eigenvalue weighted by atomic mass is 10.1. The molecule has 1 amide bonds. The Labute approximate surface area is 97.2 Å². The maximum atomic E-state index is 13.3. The average molecular weight is 237 g/mol. The molecule has 0 atom stereocenters. The molecule has 5 N–H and O–H groups in total. The number of amidine groups is 1. The molecule has 1 aromatic carbocycles. The SMILES string of the molecule is CNC(=O)c1cc(F)cc(/C(N)=N/N=C\N)c1. The van der Waals surface area contributed by atoms with Gasteiger partial charge in [-0.05, 0) is 18.2 Å². The van der Waals surface area contributed by atoms with Crippen LogP contribution in [0.2, 0.25) is 0 Å². The van der Waals surface area contributed by atoms with Gasteiger partial charge in [-0.15, -0.1) is 10.2 Å². The van der Waals surface area contributed by atoms with Gasteiger partial charge in [0.1, 0.15) is 12.2 Å². The van der Waals surface area contributed by atoms with Crippen LogP contribution in [-0.2, 0) is 0 Å². The van der Waals surface area contributed by atoms with Gasteiger partial charge in [0.2, 0.25) is 0 Å². The van der Waals surface area contributed by atoms with Crippen molar-refractivity contribution in [3.63, 3.8) is 0 Å². The molecule has 0 aliphatic carbocycles. The molecule has 17 heavy (non-hydrogen) atoms. The highest BCUT2D eigenvalue weighted by Gasteiger charge is 2.09. The van der Waals surface area contributed by atoms with Gasteiger partial charge in [0, 0.05) is 18.2 Å². The van der Waals surface area contributed by atoms with E-state index in [2.05, 4.69) is 15.5 Å². The van der Waals surface area contributed by atoms with E-state index in [-0.39, 0.29) is 17.0 Å². The third-order valence-electron chi connectivity index (χ3n) is 1.91. The highest BCUT2D eigenvalue weighted by atomic mass is 19.1. The van der Waals surface area contributed by atoms with Crippen LogP contribution in [-0.4, -0.2) is 25.1 Å². The Hall–Kier alpha value is -2.44. The van der Waals surface area contributed by atoms with Gasteiger partial charge in [-0.25, -0.2) is 4.39 Å². The van der Waals surface area contributed by atoms with Crippen molar-refractivity contribution in [2.24, 2.45) is 21.7 Å². The zero-order valence-electron chi connectivity index (χ0n) is 9.14. The molecule has 0 spiro atoms. The van der Waals surface area contributed by atoms with Gasteiger partial charge in [-0.2, -0.15) is 0 Å². The van der Waals surface area contributed by atoms with Crippen molar-refractivity contribution in [1.29, 1.82) is 0 Å². The fourth-order valence-corrected chi connectivity index (χ4v) is 1.17. The summed E-state index contributed by atoms with van der Waals surface area (Å²) in [6.07, 6.45) is 0.950. The molecule has 0 aliphatic heterocycles. The summed E-state index contributed by atoms with van der Waals surface area (Å²) < 4.78 is 13.3. The van der Waals surface area contributed by atoms with Crippen molar-refractivity contribution < 1.29 is 9.18 Å². The molecule has 0 fully saturated rings. The van der Waals surface area contributed by atoms with Crippen molar-refractivity contribution >= 4 is 18.1 Å². The summed E-state index contributed by atoms with van der Waals surface area (Å²) >= 11 is 0. The molecule has 0 aliphatic rings. The predicted molar refractivity (Wildman–Crippen MR) is 63.2 cm³/mol. The zero-order valence-corrected chi connectivity index (χ0v) is 9.14. The van der Waals surface area contributed by atoms with Crippen LogP contribution in [0.15, 0.2) is 28.4 Å². The number of rotatable bonds is 3. The van der Waals surface area contributed by atoms with Crippen LogP contribution in [0.25, 0.3) is 0 Å². The van der Waals surface area contributed by atoms with Crippen molar-refractivity contribution in [1.82, 2.24) is 5.32 Å². The molecule has 0 saturated heterocycles. The van der Waals surface area contributed by atoms with Crippen LogP contribution >= 0.6 is 0 Å². The van der Waals surface area contributed by atoms with Crippen molar-refractivity contribution in [2.75, 3.05) is 7.05 Å². The molecule has 1 aromatic rings. The molecule has 90 valence electrons. The topological polar surface area (TPSA) is 106 Å². The largest absolute Gasteiger partial charge is 0.388 e. The molecule has 0 heterocycles. The number of benzene rings is 1. The second-order valence-corrected chi connectivity index (χ2v) is 3.06. The first-order valence-electron chi connectivity index (χ1n) is 4.68. The number of nitrogens with two attached hydrogens (primary N) is 2. The lowest BCUT2D eigenvalue weighted by Crippen LogP contribution is -2.20. The fraction of sp³-hybridized carbons (Fsp3) is 0.100. The predicted octanol–water partition coefficient (Wildman–Crippen LogP) is -0.207. The quantitative estimate of drug-likeness (QED) is 0.385. The Balaban J connectivity index is 3.17. The second-order valence-electron chi connectivity index (χ2n) is 3.06. The fourth-order valence-electron chi connectivity index (χ4n) is 1.17. The number of amides is 1. The summed E-state index contributed by atoms with van der Waals surface area (Å²) in [4.78, 5) is 11.3. The van der Waals surface area contributed by atoms with E-state index < -0.39 is 11.7 Å². The first-order valence-corrected chi connectivity index (χ1v) is 4.68. The number of nitrogens with zero attached hydrogens (tertiary/aromatic N) is 2. The van der Waals surface area contributed by atoms with Crippen LogP contribution < -0.4 is 16.8 Å². The number of hydrogen-bond acceptors (Lipinski definition) is 3. The molecular formula is C10H12FN5O. The number of carbonyl (C=O) groups excluding carboxylic acids is 1. The van der Waals surface area contributed by atoms with Crippen LogP contribution in [0.5, 0.6) is 0 Å². The molecular weight excluding hydrogens is 225 g/mol. The maximum absolute atomic E-state index is 13.3. The Morgan fingerprint density at radius 1 is 1.41 bits per heavy atom. The minimum atomic E-state index is -0.587. The van der Waals surface area contributed by atoms with Crippen molar-refractivity contribution in [3.05, 3.63) is 35.1 Å². The van der Waals surface area contributed by atoms with E-state index in [1.165, 1.54) is 13.1 Å². The lowest BCUT2D eigenvalue weighted by Gasteiger charge is -2.04. The molecule has 1 rings (SSSR count). The van der Waals surface area contributed by atoms with Crippen LogP contribution in [0.4, 0.5) is 4.39 Å². The Bertz CT molecular complexity index is 484. The zero-order chi connectivity index (χ0) is 12.8. The Morgan fingerprint density at radius 2 is 2.06 bits per heavy atom. The van der Waals surface area contributed by atoms with E-state index in [1.54, 1.807) is 0 Å². The molecule has 0 radical (unpaired) electrons. The summed E-state index contributed by atoms with van der Waals surface area (Å²) in [6, 6.07) is 3.66. The first-order chi connectivity index (χ1) is 8.08. The number of hydrogen-bond donors (Lipinski definition) is 3. The monoisotopic (exact) mass is 237 g/mol. The molecule has 6 nitrogen and oxygen atoms in total. The lowest BCUT2D eigenvalue weighted by molar-refractivity contribution is 0.0962. The average Bonchev–Trinajstić information content (AvgIpc) is 2.34. The van der Waals surface area contributed by atoms with E-state index in [4.69, 9.17) is 11.5 Å². The van der Waals surface area contributed by atoms with Gasteiger partial charge in [0.25, 0.3) is 5.91 Å². The Kier molecular flexibility index (Phi) is 4.15. The van der Waals surface area contributed by atoms with Crippen molar-refractivity contribution in [2.45, 2.75) is 0 Å². The van der Waals surface area contributed by atoms with Crippen molar-refractivity contribution in [3.8, 4) is 0 Å². The molecule has 0 bridgehead atoms. The summed E-state index contributed by atoms with van der Waals surface area (Å²) in [5.74, 6) is -1.03. The van der Waals surface area contributed by atoms with Crippen LogP contribution in [0, 0.1) is 5.82 Å². The minimum Gasteiger partial charge on any atom is -0.388 e. The van der Waals surface area contributed by atoms with Gasteiger partial charge in [-0.1, -0.05) is 0 Å². The highest BCUT2D eigenvalue weighted by Crippen LogP contribution is 2.09. The summed E-state index contributed by atoms with van der Waals surface area (Å²) in [7, 11) is 1.45. The van der Waals surface area contributed by atoms with E-state index >= 15 is 0 Å². The van der Waals surface area contributed by atoms with E-state index in [0.717, 1.165) is 18.5 Å². The molecule has 0 unspecified atom stereocenters. The molecule has 0 saturated carbocycles. The standard InChI is InChI=1S/C10H12FN5O/c1-14-10(17)7-2-6(3-8(11)4-7)9(13)16-15-5-12/h2-5H,1H3,(H2,12,15)(H2,13,16)(H,14,17). The summed E-state index contributed by atoms with van der Waals surface area (Å²) in [5.41, 5.74) is 10.9. The van der Waals surface area contributed by atoms with Crippen LogP contribution in [0.3, 0.4) is 0 Å². The number of carbonyl (C=O) groups is 1. The maximum Gasteiger partial charge on any atom is 0.251 e. The smallest absolute Gasteiger partial charge is 0.251 e. The first kappa shape index (κ1) is 12.6. The van der Waals surface area contributed by atoms with Gasteiger partial charge in [0.05, 0.1) is 0 Å². The van der Waals surface area contributed by atoms with Gasteiger partial charge < -0.3 is 16.8 Å². The van der Waals surface area contributed by atoms with Gasteiger partial charge in [0.15, 0.2) is 5.84 Å². The molecule has 7 heteroatoms. The number of halogens is 1. The normalized spacial score (nSPS) is 11.8. The molecule has 0 aromatic heterocycles. The van der Waals surface area contributed by atoms with E-state index in [0.29, 0.717) is 0 Å². The third kappa shape index (κ3) is 3.26. The Morgan fingerprint density at radius 3 is 2.65 bits per heavy atom. The summed E-state index contributed by atoms with van der Waals surface area (Å²) in [6.45, 7) is 0. The third-order valence-corrected chi connectivity index (χ3v) is 1.91. The van der Waals surface area contributed by atoms with Gasteiger partial charge >= 0.3 is 0 Å². The van der Waals surface area contributed by atoms with E-state index in [9.17, 15) is 9.18 Å². The second kappa shape index (κ2) is 5.59. The summed E-state index contributed by atoms with van der Waals surface area (Å²) in [5, 5.41) is 9.27. The highest BCUT2D eigenvalue weighted by molar-refractivity contribution is 6.01. The van der Waals surface area contributed by atoms with E-state index in [1.807, 2.05) is 0 Å². The van der Waals surface area contributed by atoms with Gasteiger partial charge in [-0.3, -0.25) is 4.79 Å². The minimum absolute atomic E-state index is 0.0312. The van der Waals surface area contributed by atoms with Crippen LogP contribution in [0.1, 0.15) is 15.9 Å².